The molecule has 0 spiro atoms. The first kappa shape index (κ1) is 18.5. The Bertz CT molecular complexity index is 1340. The fourth-order valence-corrected chi connectivity index (χ4v) is 3.99. The van der Waals surface area contributed by atoms with Crippen LogP contribution in [0, 0.1) is 0 Å². The summed E-state index contributed by atoms with van der Waals surface area (Å²) in [6.45, 7) is 0.681. The molecule has 1 aromatic heterocycles. The Morgan fingerprint density at radius 3 is 2.60 bits per heavy atom. The quantitative estimate of drug-likeness (QED) is 0.396. The lowest BCUT2D eigenvalue weighted by Gasteiger charge is -2.05. The van der Waals surface area contributed by atoms with Crippen molar-refractivity contribution < 1.29 is 19.7 Å². The number of aromatic hydroxyl groups is 2. The highest BCUT2D eigenvalue weighted by atomic mass is 79.9. The van der Waals surface area contributed by atoms with Crippen LogP contribution in [0.5, 0.6) is 17.2 Å². The number of phenols is 2. The SMILES string of the molecule is O=C1/C(=C/c2cn(Cc3ccc(Br)cc3)c3ccccc23)Oc2cc(O)cc(O)c21. The third-order valence-electron chi connectivity index (χ3n) is 5.11. The summed E-state index contributed by atoms with van der Waals surface area (Å²) in [5, 5.41) is 20.7. The Hall–Kier alpha value is -3.51. The van der Waals surface area contributed by atoms with Gasteiger partial charge in [0.25, 0.3) is 0 Å². The number of carbonyl (C=O) groups excluding carboxylic acids is 1. The van der Waals surface area contributed by atoms with Crippen molar-refractivity contribution in [1.82, 2.24) is 4.57 Å². The molecule has 2 N–H and O–H groups in total. The number of Topliss-reactive ketones (excluding diaryl/α,β-unsaturated/α-hetero) is 1. The van der Waals surface area contributed by atoms with Gasteiger partial charge in [-0.1, -0.05) is 46.3 Å². The van der Waals surface area contributed by atoms with E-state index >= 15 is 0 Å². The van der Waals surface area contributed by atoms with E-state index in [0.717, 1.165) is 32.6 Å². The van der Waals surface area contributed by atoms with Gasteiger partial charge in [-0.15, -0.1) is 0 Å². The van der Waals surface area contributed by atoms with E-state index in [0.29, 0.717) is 6.54 Å². The predicted molar refractivity (Wildman–Crippen MR) is 118 cm³/mol. The molecule has 0 aliphatic carbocycles. The van der Waals surface area contributed by atoms with Gasteiger partial charge in [0.15, 0.2) is 5.76 Å². The average Bonchev–Trinajstić information content (AvgIpc) is 3.22. The number of allylic oxidation sites excluding steroid dienone is 1. The van der Waals surface area contributed by atoms with Crippen molar-refractivity contribution in [3.63, 3.8) is 0 Å². The smallest absolute Gasteiger partial charge is 0.235 e. The number of aromatic nitrogens is 1. The number of fused-ring (bicyclic) bond motifs is 2. The number of phenolic OH excluding ortho intramolecular Hbond substituents is 2. The van der Waals surface area contributed by atoms with Gasteiger partial charge in [-0.25, -0.2) is 0 Å². The topological polar surface area (TPSA) is 71.7 Å². The fraction of sp³-hybridized carbons (Fsp3) is 0.0417. The maximum Gasteiger partial charge on any atom is 0.235 e. The Kier molecular flexibility index (Phi) is 4.37. The van der Waals surface area contributed by atoms with Crippen molar-refractivity contribution in [3.05, 3.63) is 93.8 Å². The number of halogens is 1. The molecule has 30 heavy (non-hydrogen) atoms. The summed E-state index contributed by atoms with van der Waals surface area (Å²) in [6.07, 6.45) is 3.66. The van der Waals surface area contributed by atoms with Gasteiger partial charge in [-0.2, -0.15) is 0 Å². The van der Waals surface area contributed by atoms with Gasteiger partial charge in [0.2, 0.25) is 5.78 Å². The van der Waals surface area contributed by atoms with E-state index < -0.39 is 5.78 Å². The molecule has 2 heterocycles. The van der Waals surface area contributed by atoms with E-state index in [1.807, 2.05) is 42.6 Å². The van der Waals surface area contributed by atoms with Crippen molar-refractivity contribution in [2.24, 2.45) is 0 Å². The van der Waals surface area contributed by atoms with Crippen LogP contribution in [0.1, 0.15) is 21.5 Å². The number of para-hydroxylation sites is 1. The second-order valence-electron chi connectivity index (χ2n) is 7.13. The summed E-state index contributed by atoms with van der Waals surface area (Å²) in [5.74, 6) is -0.602. The van der Waals surface area contributed by atoms with Crippen LogP contribution in [0.15, 0.2) is 77.1 Å². The molecule has 0 amide bonds. The zero-order valence-corrected chi connectivity index (χ0v) is 17.3. The van der Waals surface area contributed by atoms with Crippen LogP contribution in [-0.4, -0.2) is 20.6 Å². The molecule has 6 heteroatoms. The standard InChI is InChI=1S/C24H16BrNO4/c25-16-7-5-14(6-8-16)12-26-13-15(18-3-1-2-4-19(18)26)9-22-24(29)23-20(28)10-17(27)11-21(23)30-22/h1-11,13,27-28H,12H2/b22-9-. The van der Waals surface area contributed by atoms with Gasteiger partial charge in [-0.05, 0) is 29.8 Å². The Labute approximate surface area is 180 Å². The first-order chi connectivity index (χ1) is 14.5. The van der Waals surface area contributed by atoms with Gasteiger partial charge in [-0.3, -0.25) is 4.79 Å². The highest BCUT2D eigenvalue weighted by molar-refractivity contribution is 9.10. The van der Waals surface area contributed by atoms with Crippen molar-refractivity contribution in [2.75, 3.05) is 0 Å². The second-order valence-corrected chi connectivity index (χ2v) is 8.05. The maximum absolute atomic E-state index is 12.8. The van der Waals surface area contributed by atoms with Gasteiger partial charge in [0.1, 0.15) is 22.8 Å². The first-order valence-corrected chi connectivity index (χ1v) is 10.1. The number of nitrogens with zero attached hydrogens (tertiary/aromatic N) is 1. The summed E-state index contributed by atoms with van der Waals surface area (Å²) in [5.41, 5.74) is 3.09. The lowest BCUT2D eigenvalue weighted by Crippen LogP contribution is -1.98. The number of carbonyl (C=O) groups is 1. The van der Waals surface area contributed by atoms with E-state index in [1.54, 1.807) is 6.08 Å². The highest BCUT2D eigenvalue weighted by Crippen LogP contribution is 2.41. The zero-order chi connectivity index (χ0) is 20.8. The Morgan fingerprint density at radius 2 is 1.80 bits per heavy atom. The molecule has 0 radical (unpaired) electrons. The first-order valence-electron chi connectivity index (χ1n) is 9.32. The van der Waals surface area contributed by atoms with Crippen molar-refractivity contribution in [1.29, 1.82) is 0 Å². The lowest BCUT2D eigenvalue weighted by molar-refractivity contribution is 0.101. The molecule has 148 valence electrons. The lowest BCUT2D eigenvalue weighted by atomic mass is 10.1. The predicted octanol–water partition coefficient (Wildman–Crippen LogP) is 5.48. The molecule has 4 aromatic rings. The molecule has 0 fully saturated rings. The molecular formula is C24H16BrNO4. The Balaban J connectivity index is 1.56. The van der Waals surface area contributed by atoms with E-state index in [1.165, 1.54) is 6.07 Å². The van der Waals surface area contributed by atoms with Gasteiger partial charge in [0.05, 0.1) is 0 Å². The minimum absolute atomic E-state index is 0.0673. The molecule has 0 saturated heterocycles. The normalized spacial score (nSPS) is 14.3. The molecule has 0 bridgehead atoms. The van der Waals surface area contributed by atoms with E-state index in [9.17, 15) is 15.0 Å². The molecule has 1 aliphatic heterocycles. The summed E-state index contributed by atoms with van der Waals surface area (Å²) in [6, 6.07) is 18.6. The molecular weight excluding hydrogens is 446 g/mol. The third kappa shape index (κ3) is 3.15. The van der Waals surface area contributed by atoms with Crippen LogP contribution in [0.3, 0.4) is 0 Å². The molecule has 0 saturated carbocycles. The van der Waals surface area contributed by atoms with Crippen molar-refractivity contribution >= 4 is 38.7 Å². The van der Waals surface area contributed by atoms with Crippen LogP contribution in [0.25, 0.3) is 17.0 Å². The van der Waals surface area contributed by atoms with E-state index in [4.69, 9.17) is 4.74 Å². The molecule has 0 atom stereocenters. The minimum atomic E-state index is -0.410. The maximum atomic E-state index is 12.8. The van der Waals surface area contributed by atoms with Crippen LogP contribution >= 0.6 is 15.9 Å². The van der Waals surface area contributed by atoms with Gasteiger partial charge >= 0.3 is 0 Å². The number of ether oxygens (including phenoxy) is 1. The molecule has 0 unspecified atom stereocenters. The summed E-state index contributed by atoms with van der Waals surface area (Å²) < 4.78 is 8.80. The molecule has 5 nitrogen and oxygen atoms in total. The van der Waals surface area contributed by atoms with Crippen LogP contribution in [0.2, 0.25) is 0 Å². The van der Waals surface area contributed by atoms with Crippen LogP contribution in [0.4, 0.5) is 0 Å². The van der Waals surface area contributed by atoms with Crippen molar-refractivity contribution in [2.45, 2.75) is 6.54 Å². The van der Waals surface area contributed by atoms with Gasteiger partial charge in [0, 0.05) is 45.8 Å². The fourth-order valence-electron chi connectivity index (χ4n) is 3.73. The van der Waals surface area contributed by atoms with E-state index in [2.05, 4.69) is 32.6 Å². The largest absolute Gasteiger partial charge is 0.508 e. The number of benzene rings is 3. The van der Waals surface area contributed by atoms with Crippen LogP contribution < -0.4 is 4.74 Å². The third-order valence-corrected chi connectivity index (χ3v) is 5.64. The summed E-state index contributed by atoms with van der Waals surface area (Å²) in [4.78, 5) is 12.8. The summed E-state index contributed by atoms with van der Waals surface area (Å²) in [7, 11) is 0. The Morgan fingerprint density at radius 1 is 1.03 bits per heavy atom. The highest BCUT2D eigenvalue weighted by Gasteiger charge is 2.31. The minimum Gasteiger partial charge on any atom is -0.508 e. The van der Waals surface area contributed by atoms with E-state index in [-0.39, 0.29) is 28.6 Å². The number of ketones is 1. The molecule has 3 aromatic carbocycles. The molecule has 1 aliphatic rings. The van der Waals surface area contributed by atoms with Crippen molar-refractivity contribution in [3.8, 4) is 17.2 Å². The number of hydrogen-bond acceptors (Lipinski definition) is 4. The second kappa shape index (κ2) is 7.07. The average molecular weight is 462 g/mol. The van der Waals surface area contributed by atoms with Crippen LogP contribution in [-0.2, 0) is 6.54 Å². The molecule has 5 rings (SSSR count). The number of rotatable bonds is 3. The van der Waals surface area contributed by atoms with Gasteiger partial charge < -0.3 is 19.5 Å². The zero-order valence-electron chi connectivity index (χ0n) is 15.7. The number of hydrogen-bond donors (Lipinski definition) is 2. The monoisotopic (exact) mass is 461 g/mol. The summed E-state index contributed by atoms with van der Waals surface area (Å²) >= 11 is 3.46.